The summed E-state index contributed by atoms with van der Waals surface area (Å²) in [5.74, 6) is 0.695. The third-order valence-corrected chi connectivity index (χ3v) is 3.41. The van der Waals surface area contributed by atoms with Gasteiger partial charge in [-0.1, -0.05) is 0 Å². The Hall–Kier alpha value is -1.95. The molecule has 0 bridgehead atoms. The van der Waals surface area contributed by atoms with Crippen LogP contribution in [0, 0.1) is 0 Å². The third kappa shape index (κ3) is 2.08. The molecule has 3 heterocycles. The molecule has 0 spiro atoms. The van der Waals surface area contributed by atoms with E-state index in [9.17, 15) is 4.79 Å². The third-order valence-electron chi connectivity index (χ3n) is 3.41. The summed E-state index contributed by atoms with van der Waals surface area (Å²) >= 11 is 0. The molecule has 19 heavy (non-hydrogen) atoms. The van der Waals surface area contributed by atoms with E-state index < -0.39 is 0 Å². The molecule has 0 saturated carbocycles. The second kappa shape index (κ2) is 4.62. The van der Waals surface area contributed by atoms with E-state index >= 15 is 0 Å². The van der Waals surface area contributed by atoms with Crippen LogP contribution in [0.2, 0.25) is 0 Å². The number of nitrogens with zero attached hydrogens (tertiary/aromatic N) is 3. The Morgan fingerprint density at radius 1 is 1.47 bits per heavy atom. The minimum absolute atomic E-state index is 0.220. The van der Waals surface area contributed by atoms with Crippen molar-refractivity contribution in [2.45, 2.75) is 25.4 Å². The number of carbonyl (C=O) groups excluding carboxylic acids is 1. The normalized spacial score (nSPS) is 22.8. The molecule has 0 aromatic carbocycles. The van der Waals surface area contributed by atoms with Crippen LogP contribution in [0.25, 0.3) is 5.65 Å². The van der Waals surface area contributed by atoms with Crippen LogP contribution in [0.15, 0.2) is 18.3 Å². The summed E-state index contributed by atoms with van der Waals surface area (Å²) in [6.07, 6.45) is 2.88. The molecule has 0 N–H and O–H groups in total. The predicted octanol–water partition coefficient (Wildman–Crippen LogP) is 1.41. The van der Waals surface area contributed by atoms with Gasteiger partial charge in [-0.05, 0) is 25.5 Å². The fraction of sp³-hybridized carbons (Fsp3) is 0.462. The Balaban J connectivity index is 2.03. The second-order valence-electron chi connectivity index (χ2n) is 4.77. The second-order valence-corrected chi connectivity index (χ2v) is 4.77. The predicted molar refractivity (Wildman–Crippen MR) is 67.1 cm³/mol. The summed E-state index contributed by atoms with van der Waals surface area (Å²) in [4.78, 5) is 11.6. The van der Waals surface area contributed by atoms with Crippen LogP contribution in [0.5, 0.6) is 0 Å². The van der Waals surface area contributed by atoms with Gasteiger partial charge >= 0.3 is 5.97 Å². The molecular formula is C13H15N3O3. The van der Waals surface area contributed by atoms with Crippen molar-refractivity contribution in [3.05, 3.63) is 29.7 Å². The van der Waals surface area contributed by atoms with Crippen molar-refractivity contribution in [3.8, 4) is 0 Å². The van der Waals surface area contributed by atoms with Gasteiger partial charge in [-0.2, -0.15) is 0 Å². The largest absolute Gasteiger partial charge is 0.465 e. The lowest BCUT2D eigenvalue weighted by Gasteiger charge is -2.06. The van der Waals surface area contributed by atoms with Crippen LogP contribution in [-0.4, -0.2) is 40.4 Å². The molecule has 0 radical (unpaired) electrons. The van der Waals surface area contributed by atoms with Crippen molar-refractivity contribution in [3.63, 3.8) is 0 Å². The zero-order chi connectivity index (χ0) is 13.4. The summed E-state index contributed by atoms with van der Waals surface area (Å²) in [5, 5.41) is 8.34. The topological polar surface area (TPSA) is 65.7 Å². The maximum absolute atomic E-state index is 11.6. The zero-order valence-electron chi connectivity index (χ0n) is 10.9. The van der Waals surface area contributed by atoms with Gasteiger partial charge in [-0.25, -0.2) is 4.79 Å². The van der Waals surface area contributed by atoms with Crippen molar-refractivity contribution >= 4 is 11.6 Å². The van der Waals surface area contributed by atoms with E-state index in [1.165, 1.54) is 7.11 Å². The maximum Gasteiger partial charge on any atom is 0.339 e. The molecule has 6 nitrogen and oxygen atoms in total. The van der Waals surface area contributed by atoms with Gasteiger partial charge in [0.05, 0.1) is 25.4 Å². The minimum atomic E-state index is -0.363. The van der Waals surface area contributed by atoms with Gasteiger partial charge < -0.3 is 9.47 Å². The van der Waals surface area contributed by atoms with Crippen LogP contribution in [0.3, 0.4) is 0 Å². The zero-order valence-corrected chi connectivity index (χ0v) is 10.9. The molecule has 0 amide bonds. The van der Waals surface area contributed by atoms with Crippen molar-refractivity contribution in [1.29, 1.82) is 0 Å². The SMILES string of the molecule is COC(=O)c1ccc2nnc(C3COC(C)C3)n2c1. The van der Waals surface area contributed by atoms with E-state index in [1.807, 2.05) is 11.3 Å². The van der Waals surface area contributed by atoms with E-state index in [4.69, 9.17) is 9.47 Å². The quantitative estimate of drug-likeness (QED) is 0.765. The van der Waals surface area contributed by atoms with E-state index in [0.29, 0.717) is 12.2 Å². The molecule has 1 aliphatic rings. The van der Waals surface area contributed by atoms with Gasteiger partial charge in [0.25, 0.3) is 0 Å². The average Bonchev–Trinajstić information content (AvgIpc) is 3.02. The van der Waals surface area contributed by atoms with Crippen LogP contribution < -0.4 is 0 Å². The fourth-order valence-electron chi connectivity index (χ4n) is 2.42. The van der Waals surface area contributed by atoms with E-state index in [1.54, 1.807) is 18.3 Å². The fourth-order valence-corrected chi connectivity index (χ4v) is 2.42. The van der Waals surface area contributed by atoms with Crippen molar-refractivity contribution in [2.24, 2.45) is 0 Å². The number of pyridine rings is 1. The molecular weight excluding hydrogens is 246 g/mol. The first-order valence-corrected chi connectivity index (χ1v) is 6.23. The first-order chi connectivity index (χ1) is 9.19. The van der Waals surface area contributed by atoms with E-state index in [2.05, 4.69) is 10.2 Å². The number of fused-ring (bicyclic) bond motifs is 1. The molecule has 2 unspecified atom stereocenters. The number of methoxy groups -OCH3 is 1. The molecule has 1 fully saturated rings. The monoisotopic (exact) mass is 261 g/mol. The van der Waals surface area contributed by atoms with E-state index in [-0.39, 0.29) is 18.0 Å². The Kier molecular flexibility index (Phi) is 2.94. The van der Waals surface area contributed by atoms with Crippen LogP contribution in [0.4, 0.5) is 0 Å². The Bertz CT molecular complexity index is 623. The number of ether oxygens (including phenoxy) is 2. The molecule has 1 saturated heterocycles. The number of carbonyl (C=O) groups is 1. The van der Waals surface area contributed by atoms with Gasteiger partial charge in [0.2, 0.25) is 0 Å². The van der Waals surface area contributed by atoms with Gasteiger partial charge in [-0.15, -0.1) is 10.2 Å². The highest BCUT2D eigenvalue weighted by molar-refractivity contribution is 5.89. The standard InChI is InChI=1S/C13H15N3O3/c1-8-5-10(7-19-8)12-15-14-11-4-3-9(6-16(11)12)13(17)18-2/h3-4,6,8,10H,5,7H2,1-2H3. The van der Waals surface area contributed by atoms with Crippen molar-refractivity contribution in [1.82, 2.24) is 14.6 Å². The minimum Gasteiger partial charge on any atom is -0.465 e. The first-order valence-electron chi connectivity index (χ1n) is 6.23. The lowest BCUT2D eigenvalue weighted by molar-refractivity contribution is 0.0600. The lowest BCUT2D eigenvalue weighted by atomic mass is 10.1. The lowest BCUT2D eigenvalue weighted by Crippen LogP contribution is -2.07. The number of rotatable bonds is 2. The number of esters is 1. The summed E-state index contributed by atoms with van der Waals surface area (Å²) in [6.45, 7) is 2.69. The summed E-state index contributed by atoms with van der Waals surface area (Å²) in [7, 11) is 1.37. The molecule has 6 heteroatoms. The first kappa shape index (κ1) is 12.1. The van der Waals surface area contributed by atoms with Crippen LogP contribution >= 0.6 is 0 Å². The van der Waals surface area contributed by atoms with E-state index in [0.717, 1.165) is 17.9 Å². The van der Waals surface area contributed by atoms with Crippen LogP contribution in [0.1, 0.15) is 35.4 Å². The average molecular weight is 261 g/mol. The Morgan fingerprint density at radius 3 is 3.00 bits per heavy atom. The molecule has 3 rings (SSSR count). The summed E-state index contributed by atoms with van der Waals surface area (Å²) in [5.41, 5.74) is 1.21. The van der Waals surface area contributed by atoms with Crippen molar-refractivity contribution in [2.75, 3.05) is 13.7 Å². The highest BCUT2D eigenvalue weighted by Gasteiger charge is 2.27. The highest BCUT2D eigenvalue weighted by atomic mass is 16.5. The number of aromatic nitrogens is 3. The molecule has 1 aliphatic heterocycles. The highest BCUT2D eigenvalue weighted by Crippen LogP contribution is 2.28. The van der Waals surface area contributed by atoms with Crippen LogP contribution in [-0.2, 0) is 9.47 Å². The van der Waals surface area contributed by atoms with Gasteiger partial charge in [0, 0.05) is 12.1 Å². The Morgan fingerprint density at radius 2 is 2.32 bits per heavy atom. The number of hydrogen-bond donors (Lipinski definition) is 0. The number of hydrogen-bond acceptors (Lipinski definition) is 5. The maximum atomic E-state index is 11.6. The molecule has 0 aliphatic carbocycles. The smallest absolute Gasteiger partial charge is 0.339 e. The van der Waals surface area contributed by atoms with Crippen molar-refractivity contribution < 1.29 is 14.3 Å². The van der Waals surface area contributed by atoms with Gasteiger partial charge in [0.1, 0.15) is 5.82 Å². The van der Waals surface area contributed by atoms with Gasteiger partial charge in [0.15, 0.2) is 5.65 Å². The molecule has 2 atom stereocenters. The molecule has 2 aromatic rings. The summed E-state index contributed by atoms with van der Waals surface area (Å²) < 4.78 is 12.1. The summed E-state index contributed by atoms with van der Waals surface area (Å²) in [6, 6.07) is 3.45. The molecule has 100 valence electrons. The van der Waals surface area contributed by atoms with Gasteiger partial charge in [-0.3, -0.25) is 4.40 Å². The molecule has 2 aromatic heterocycles. The Labute approximate surface area is 110 Å².